The standard InChI is InChI=1S/C17H12ClNOS2/c1-11-4-2-3-5-12(11)10-15-16(20)19(17(21)22-15)14-8-6-13(18)7-9-14/h2-10H,1H3/b15-10+. The van der Waals surface area contributed by atoms with Crippen LogP contribution >= 0.6 is 35.6 Å². The number of rotatable bonds is 2. The maximum absolute atomic E-state index is 12.6. The highest BCUT2D eigenvalue weighted by atomic mass is 35.5. The number of carbonyl (C=O) groups is 1. The van der Waals surface area contributed by atoms with Crippen molar-refractivity contribution in [3.63, 3.8) is 0 Å². The van der Waals surface area contributed by atoms with Gasteiger partial charge in [-0.1, -0.05) is 59.8 Å². The zero-order valence-electron chi connectivity index (χ0n) is 11.7. The third-order valence-corrected chi connectivity index (χ3v) is 4.91. The van der Waals surface area contributed by atoms with E-state index in [1.807, 2.05) is 37.3 Å². The number of halogens is 1. The molecule has 2 aromatic carbocycles. The van der Waals surface area contributed by atoms with E-state index in [1.165, 1.54) is 11.8 Å². The van der Waals surface area contributed by atoms with Crippen LogP contribution in [0.5, 0.6) is 0 Å². The highest BCUT2D eigenvalue weighted by molar-refractivity contribution is 8.27. The average Bonchev–Trinajstić information content (AvgIpc) is 2.77. The van der Waals surface area contributed by atoms with Gasteiger partial charge < -0.3 is 0 Å². The minimum absolute atomic E-state index is 0.0967. The van der Waals surface area contributed by atoms with Crippen molar-refractivity contribution in [2.24, 2.45) is 0 Å². The Labute approximate surface area is 143 Å². The monoisotopic (exact) mass is 345 g/mol. The quantitative estimate of drug-likeness (QED) is 0.561. The van der Waals surface area contributed by atoms with Gasteiger partial charge >= 0.3 is 0 Å². The first-order valence-electron chi connectivity index (χ1n) is 6.65. The van der Waals surface area contributed by atoms with E-state index in [9.17, 15) is 4.79 Å². The number of benzene rings is 2. The van der Waals surface area contributed by atoms with Gasteiger partial charge in [0.15, 0.2) is 4.32 Å². The fraction of sp³-hybridized carbons (Fsp3) is 0.0588. The van der Waals surface area contributed by atoms with Crippen LogP contribution in [0.4, 0.5) is 5.69 Å². The Morgan fingerprint density at radius 1 is 1.14 bits per heavy atom. The van der Waals surface area contributed by atoms with Crippen molar-refractivity contribution in [3.8, 4) is 0 Å². The van der Waals surface area contributed by atoms with E-state index in [4.69, 9.17) is 23.8 Å². The molecule has 1 saturated heterocycles. The number of carbonyl (C=O) groups excluding carboxylic acids is 1. The van der Waals surface area contributed by atoms with Gasteiger partial charge in [-0.15, -0.1) is 0 Å². The molecule has 0 spiro atoms. The van der Waals surface area contributed by atoms with Crippen LogP contribution in [0.1, 0.15) is 11.1 Å². The van der Waals surface area contributed by atoms with Gasteiger partial charge in [-0.3, -0.25) is 9.69 Å². The third kappa shape index (κ3) is 2.95. The van der Waals surface area contributed by atoms with E-state index >= 15 is 0 Å². The number of thioether (sulfide) groups is 1. The molecular weight excluding hydrogens is 334 g/mol. The van der Waals surface area contributed by atoms with E-state index in [0.717, 1.165) is 16.8 Å². The fourth-order valence-electron chi connectivity index (χ4n) is 2.17. The van der Waals surface area contributed by atoms with Gasteiger partial charge in [-0.2, -0.15) is 0 Å². The number of anilines is 1. The van der Waals surface area contributed by atoms with Crippen molar-refractivity contribution in [3.05, 3.63) is 69.6 Å². The summed E-state index contributed by atoms with van der Waals surface area (Å²) in [5, 5.41) is 0.629. The number of nitrogens with zero attached hydrogens (tertiary/aromatic N) is 1. The first-order valence-corrected chi connectivity index (χ1v) is 8.26. The Balaban J connectivity index is 1.95. The minimum Gasteiger partial charge on any atom is -0.268 e. The van der Waals surface area contributed by atoms with Crippen LogP contribution in [0.15, 0.2) is 53.4 Å². The van der Waals surface area contributed by atoms with Crippen molar-refractivity contribution in [2.75, 3.05) is 4.90 Å². The molecule has 0 aliphatic carbocycles. The predicted octanol–water partition coefficient (Wildman–Crippen LogP) is 5.05. The molecule has 5 heteroatoms. The highest BCUT2D eigenvalue weighted by Gasteiger charge is 2.33. The van der Waals surface area contributed by atoms with Crippen molar-refractivity contribution >= 4 is 57.6 Å². The maximum Gasteiger partial charge on any atom is 0.270 e. The van der Waals surface area contributed by atoms with E-state index in [-0.39, 0.29) is 5.91 Å². The Kier molecular flexibility index (Phi) is 4.34. The number of amides is 1. The van der Waals surface area contributed by atoms with Crippen LogP contribution in [-0.2, 0) is 4.79 Å². The molecule has 1 aliphatic heterocycles. The van der Waals surface area contributed by atoms with Crippen LogP contribution in [-0.4, -0.2) is 10.2 Å². The second-order valence-electron chi connectivity index (χ2n) is 4.85. The first-order chi connectivity index (χ1) is 10.6. The van der Waals surface area contributed by atoms with E-state index in [1.54, 1.807) is 29.2 Å². The molecule has 0 bridgehead atoms. The van der Waals surface area contributed by atoms with Gasteiger partial charge in [0.2, 0.25) is 0 Å². The summed E-state index contributed by atoms with van der Waals surface area (Å²) in [6, 6.07) is 15.0. The zero-order valence-corrected chi connectivity index (χ0v) is 14.1. The summed E-state index contributed by atoms with van der Waals surface area (Å²) in [6.45, 7) is 2.02. The SMILES string of the molecule is Cc1ccccc1/C=C1/SC(=S)N(c2ccc(Cl)cc2)C1=O. The van der Waals surface area contributed by atoms with Gasteiger partial charge in [0.1, 0.15) is 0 Å². The molecule has 2 nitrogen and oxygen atoms in total. The maximum atomic E-state index is 12.6. The lowest BCUT2D eigenvalue weighted by atomic mass is 10.1. The average molecular weight is 346 g/mol. The summed E-state index contributed by atoms with van der Waals surface area (Å²) >= 11 is 12.6. The summed E-state index contributed by atoms with van der Waals surface area (Å²) in [7, 11) is 0. The first kappa shape index (κ1) is 15.3. The molecule has 0 aromatic heterocycles. The molecule has 0 unspecified atom stereocenters. The molecule has 1 heterocycles. The summed E-state index contributed by atoms with van der Waals surface area (Å²) in [4.78, 5) is 14.8. The van der Waals surface area contributed by atoms with Crippen LogP contribution in [0.25, 0.3) is 6.08 Å². The summed E-state index contributed by atoms with van der Waals surface area (Å²) in [5.74, 6) is -0.0967. The Hall–Kier alpha value is -1.62. The molecule has 0 atom stereocenters. The topological polar surface area (TPSA) is 20.3 Å². The number of thiocarbonyl (C=S) groups is 1. The lowest BCUT2D eigenvalue weighted by Gasteiger charge is -2.14. The fourth-order valence-corrected chi connectivity index (χ4v) is 3.59. The van der Waals surface area contributed by atoms with Crippen LogP contribution < -0.4 is 4.90 Å². The summed E-state index contributed by atoms with van der Waals surface area (Å²) in [6.07, 6.45) is 1.89. The van der Waals surface area contributed by atoms with Crippen molar-refractivity contribution in [1.82, 2.24) is 0 Å². The lowest BCUT2D eigenvalue weighted by Crippen LogP contribution is -2.27. The number of hydrogen-bond donors (Lipinski definition) is 0. The van der Waals surface area contributed by atoms with E-state index in [2.05, 4.69) is 0 Å². The van der Waals surface area contributed by atoms with E-state index in [0.29, 0.717) is 14.2 Å². The molecule has 1 fully saturated rings. The predicted molar refractivity (Wildman–Crippen MR) is 98.3 cm³/mol. The molecule has 22 heavy (non-hydrogen) atoms. The van der Waals surface area contributed by atoms with Crippen molar-refractivity contribution < 1.29 is 4.79 Å². The Morgan fingerprint density at radius 3 is 2.50 bits per heavy atom. The van der Waals surface area contributed by atoms with Crippen molar-refractivity contribution in [2.45, 2.75) is 6.92 Å². The molecule has 0 N–H and O–H groups in total. The number of hydrogen-bond acceptors (Lipinski definition) is 3. The zero-order chi connectivity index (χ0) is 15.7. The van der Waals surface area contributed by atoms with Crippen molar-refractivity contribution in [1.29, 1.82) is 0 Å². The van der Waals surface area contributed by atoms with E-state index < -0.39 is 0 Å². The molecule has 2 aromatic rings. The number of aryl methyl sites for hydroxylation is 1. The van der Waals surface area contributed by atoms with Gasteiger partial charge in [0.05, 0.1) is 10.6 Å². The minimum atomic E-state index is -0.0967. The smallest absolute Gasteiger partial charge is 0.268 e. The Morgan fingerprint density at radius 2 is 1.82 bits per heavy atom. The summed E-state index contributed by atoms with van der Waals surface area (Å²) in [5.41, 5.74) is 2.89. The van der Waals surface area contributed by atoms with Gasteiger partial charge in [-0.05, 0) is 48.4 Å². The third-order valence-electron chi connectivity index (χ3n) is 3.35. The second-order valence-corrected chi connectivity index (χ2v) is 6.96. The van der Waals surface area contributed by atoms with Crippen LogP contribution in [0, 0.1) is 6.92 Å². The van der Waals surface area contributed by atoms with Gasteiger partial charge in [0.25, 0.3) is 5.91 Å². The largest absolute Gasteiger partial charge is 0.270 e. The second kappa shape index (κ2) is 6.24. The molecular formula is C17H12ClNOS2. The van der Waals surface area contributed by atoms with Crippen LogP contribution in [0.3, 0.4) is 0 Å². The molecule has 0 saturated carbocycles. The Bertz CT molecular complexity index is 784. The molecule has 3 rings (SSSR count). The molecule has 1 amide bonds. The van der Waals surface area contributed by atoms with Gasteiger partial charge in [-0.25, -0.2) is 0 Å². The molecule has 1 aliphatic rings. The molecule has 110 valence electrons. The lowest BCUT2D eigenvalue weighted by molar-refractivity contribution is -0.113. The summed E-state index contributed by atoms with van der Waals surface area (Å²) < 4.78 is 0.534. The molecule has 0 radical (unpaired) electrons. The van der Waals surface area contributed by atoms with Crippen LogP contribution in [0.2, 0.25) is 5.02 Å². The highest BCUT2D eigenvalue weighted by Crippen LogP contribution is 2.36. The normalized spacial score (nSPS) is 16.6. The van der Waals surface area contributed by atoms with Gasteiger partial charge in [0, 0.05) is 5.02 Å².